The van der Waals surface area contributed by atoms with Gasteiger partial charge in [0.2, 0.25) is 0 Å². The van der Waals surface area contributed by atoms with E-state index in [0.29, 0.717) is 6.54 Å². The maximum absolute atomic E-state index is 11.5. The third-order valence-electron chi connectivity index (χ3n) is 0.755. The van der Waals surface area contributed by atoms with Crippen molar-refractivity contribution in [3.05, 3.63) is 0 Å². The fourth-order valence-electron chi connectivity index (χ4n) is 0.254. The molecule has 0 radical (unpaired) electrons. The highest BCUT2D eigenvalue weighted by Gasteiger charge is 2.03. The van der Waals surface area contributed by atoms with Gasteiger partial charge in [-0.1, -0.05) is 0 Å². The van der Waals surface area contributed by atoms with E-state index < -0.39 is 0 Å². The number of alkyl halides is 1. The smallest absolute Gasteiger partial charge is 0.138 e. The molecule has 0 aliphatic rings. The fourth-order valence-corrected chi connectivity index (χ4v) is 0.254. The summed E-state index contributed by atoms with van der Waals surface area (Å²) >= 11 is 0. The van der Waals surface area contributed by atoms with Crippen LogP contribution >= 0.6 is 0 Å². The van der Waals surface area contributed by atoms with Gasteiger partial charge in [0, 0.05) is 0 Å². The summed E-state index contributed by atoms with van der Waals surface area (Å²) in [6, 6.07) is 0. The standard InChI is InChI=1S/C5H13FN.BrH/c1-7(2,3)5-4-6;/h4-5H2,1-3H3;1H/q+1;/p-1. The largest absolute Gasteiger partial charge is 1.00 e. The molecule has 0 unspecified atom stereocenters. The number of quaternary nitrogens is 1. The molecule has 8 heavy (non-hydrogen) atoms. The van der Waals surface area contributed by atoms with Crippen LogP contribution in [-0.2, 0) is 0 Å². The van der Waals surface area contributed by atoms with Crippen LogP contribution in [0, 0.1) is 0 Å². The summed E-state index contributed by atoms with van der Waals surface area (Å²) in [6.45, 7) is 0.392. The quantitative estimate of drug-likeness (QED) is 0.424. The highest BCUT2D eigenvalue weighted by Crippen LogP contribution is 1.86. The summed E-state index contributed by atoms with van der Waals surface area (Å²) in [5.74, 6) is 0. The van der Waals surface area contributed by atoms with Gasteiger partial charge in [-0.3, -0.25) is 0 Å². The van der Waals surface area contributed by atoms with Crippen LogP contribution in [0.4, 0.5) is 4.39 Å². The average molecular weight is 186 g/mol. The lowest BCUT2D eigenvalue weighted by Crippen LogP contribution is -3.00. The maximum Gasteiger partial charge on any atom is 0.138 e. The second-order valence-corrected chi connectivity index (χ2v) is 2.70. The molecule has 52 valence electrons. The van der Waals surface area contributed by atoms with Gasteiger partial charge < -0.3 is 21.5 Å². The average Bonchev–Trinajstić information content (AvgIpc) is 1.30. The monoisotopic (exact) mass is 185 g/mol. The van der Waals surface area contributed by atoms with E-state index in [2.05, 4.69) is 0 Å². The van der Waals surface area contributed by atoms with Gasteiger partial charge >= 0.3 is 0 Å². The molecule has 0 heterocycles. The summed E-state index contributed by atoms with van der Waals surface area (Å²) in [5.41, 5.74) is 0. The van der Waals surface area contributed by atoms with Crippen LogP contribution in [0.5, 0.6) is 0 Å². The van der Waals surface area contributed by atoms with Crippen LogP contribution in [0.3, 0.4) is 0 Å². The predicted octanol–water partition coefficient (Wildman–Crippen LogP) is -2.33. The summed E-state index contributed by atoms with van der Waals surface area (Å²) in [4.78, 5) is 0. The number of rotatable bonds is 2. The lowest BCUT2D eigenvalue weighted by atomic mass is 10.6. The lowest BCUT2D eigenvalue weighted by Gasteiger charge is -2.21. The molecule has 0 aromatic rings. The molecule has 0 aromatic heterocycles. The highest BCUT2D eigenvalue weighted by atomic mass is 79.9. The maximum atomic E-state index is 11.5. The minimum atomic E-state index is -0.219. The summed E-state index contributed by atoms with van der Waals surface area (Å²) in [5, 5.41) is 0. The van der Waals surface area contributed by atoms with Gasteiger partial charge in [0.15, 0.2) is 0 Å². The minimum Gasteiger partial charge on any atom is -1.00 e. The number of hydrogen-bond acceptors (Lipinski definition) is 0. The van der Waals surface area contributed by atoms with Crippen molar-refractivity contribution in [2.75, 3.05) is 34.4 Å². The zero-order valence-corrected chi connectivity index (χ0v) is 7.20. The zero-order valence-electron chi connectivity index (χ0n) is 5.62. The van der Waals surface area contributed by atoms with Crippen LogP contribution in [0.1, 0.15) is 0 Å². The fraction of sp³-hybridized carbons (Fsp3) is 1.00. The first-order valence-electron chi connectivity index (χ1n) is 2.43. The van der Waals surface area contributed by atoms with E-state index in [1.165, 1.54) is 0 Å². The highest BCUT2D eigenvalue weighted by molar-refractivity contribution is 4.19. The second-order valence-electron chi connectivity index (χ2n) is 2.70. The van der Waals surface area contributed by atoms with Crippen LogP contribution in [0.15, 0.2) is 0 Å². The van der Waals surface area contributed by atoms with Crippen molar-refractivity contribution in [3.8, 4) is 0 Å². The van der Waals surface area contributed by atoms with Crippen molar-refractivity contribution in [1.29, 1.82) is 0 Å². The molecule has 0 atom stereocenters. The van der Waals surface area contributed by atoms with Gasteiger partial charge in [-0.2, -0.15) is 0 Å². The Morgan fingerprint density at radius 1 is 1.25 bits per heavy atom. The molecule has 0 rings (SSSR count). The second kappa shape index (κ2) is 4.27. The van der Waals surface area contributed by atoms with E-state index in [-0.39, 0.29) is 23.7 Å². The molecule has 1 nitrogen and oxygen atoms in total. The Morgan fingerprint density at radius 2 is 1.62 bits per heavy atom. The number of nitrogens with zero attached hydrogens (tertiary/aromatic N) is 1. The molecule has 0 N–H and O–H groups in total. The Morgan fingerprint density at radius 3 is 1.62 bits per heavy atom. The first-order valence-corrected chi connectivity index (χ1v) is 2.43. The third kappa shape index (κ3) is 9.62. The molecule has 0 saturated carbocycles. The topological polar surface area (TPSA) is 0 Å². The summed E-state index contributed by atoms with van der Waals surface area (Å²) in [6.07, 6.45) is 0. The van der Waals surface area contributed by atoms with Crippen molar-refractivity contribution in [2.24, 2.45) is 0 Å². The third-order valence-corrected chi connectivity index (χ3v) is 0.755. The van der Waals surface area contributed by atoms with Gasteiger partial charge in [0.1, 0.15) is 13.2 Å². The predicted molar refractivity (Wildman–Crippen MR) is 28.9 cm³/mol. The lowest BCUT2D eigenvalue weighted by molar-refractivity contribution is -0.870. The molecular formula is C5H13BrFN. The number of halogens is 2. The molecule has 0 saturated heterocycles. The Balaban J connectivity index is 0. The summed E-state index contributed by atoms with van der Waals surface area (Å²) < 4.78 is 12.2. The van der Waals surface area contributed by atoms with Crippen LogP contribution in [-0.4, -0.2) is 38.8 Å². The van der Waals surface area contributed by atoms with Crippen molar-refractivity contribution in [2.45, 2.75) is 0 Å². The Labute approximate surface area is 60.8 Å². The Hall–Kier alpha value is 0.370. The molecule has 0 spiro atoms. The normalized spacial score (nSPS) is 10.5. The zero-order chi connectivity index (χ0) is 5.91. The molecular weight excluding hydrogens is 173 g/mol. The molecule has 0 bridgehead atoms. The van der Waals surface area contributed by atoms with Crippen LogP contribution < -0.4 is 17.0 Å². The molecule has 0 amide bonds. The van der Waals surface area contributed by atoms with Crippen molar-refractivity contribution in [1.82, 2.24) is 0 Å². The Bertz CT molecular complexity index is 50.9. The van der Waals surface area contributed by atoms with E-state index in [0.717, 1.165) is 4.48 Å². The van der Waals surface area contributed by atoms with E-state index in [1.807, 2.05) is 21.1 Å². The van der Waals surface area contributed by atoms with E-state index in [4.69, 9.17) is 0 Å². The van der Waals surface area contributed by atoms with E-state index in [9.17, 15) is 4.39 Å². The molecule has 0 aliphatic heterocycles. The summed E-state index contributed by atoms with van der Waals surface area (Å²) in [7, 11) is 5.92. The van der Waals surface area contributed by atoms with Crippen molar-refractivity contribution >= 4 is 0 Å². The van der Waals surface area contributed by atoms with Crippen LogP contribution in [0.2, 0.25) is 0 Å². The number of hydrogen-bond donors (Lipinski definition) is 0. The first kappa shape index (κ1) is 11.2. The SMILES string of the molecule is C[N+](C)(C)CCF.[Br-]. The van der Waals surface area contributed by atoms with Gasteiger partial charge in [0.25, 0.3) is 0 Å². The van der Waals surface area contributed by atoms with Gasteiger partial charge in [-0.15, -0.1) is 0 Å². The van der Waals surface area contributed by atoms with Crippen molar-refractivity contribution < 1.29 is 25.9 Å². The van der Waals surface area contributed by atoms with Crippen LogP contribution in [0.25, 0.3) is 0 Å². The minimum absolute atomic E-state index is 0. The van der Waals surface area contributed by atoms with E-state index in [1.54, 1.807) is 0 Å². The molecule has 0 aliphatic carbocycles. The molecule has 0 aromatic carbocycles. The van der Waals surface area contributed by atoms with Gasteiger partial charge in [-0.25, -0.2) is 4.39 Å². The van der Waals surface area contributed by atoms with E-state index >= 15 is 0 Å². The first-order chi connectivity index (χ1) is 3.06. The van der Waals surface area contributed by atoms with Gasteiger partial charge in [0.05, 0.1) is 21.1 Å². The Kier molecular flexibility index (Phi) is 5.98. The molecule has 3 heteroatoms. The van der Waals surface area contributed by atoms with Crippen molar-refractivity contribution in [3.63, 3.8) is 0 Å². The van der Waals surface area contributed by atoms with Gasteiger partial charge in [-0.05, 0) is 0 Å². The molecule has 0 fully saturated rings.